The number of hydrogen-bond acceptors (Lipinski definition) is 4. The molecule has 1 N–H and O–H groups in total. The molecule has 2 rings (SSSR count). The zero-order valence-electron chi connectivity index (χ0n) is 10.4. The van der Waals surface area contributed by atoms with Crippen molar-refractivity contribution in [2.75, 3.05) is 59.4 Å². The fraction of sp³-hybridized carbons (Fsp3) is 1.00. The number of aliphatic hydroxyl groups is 1. The Hall–Kier alpha value is -0.160. The molecule has 2 fully saturated rings. The highest BCUT2D eigenvalue weighted by Crippen LogP contribution is 2.09. The van der Waals surface area contributed by atoms with Gasteiger partial charge in [0, 0.05) is 45.8 Å². The van der Waals surface area contributed by atoms with Gasteiger partial charge in [0.2, 0.25) is 0 Å². The van der Waals surface area contributed by atoms with Crippen LogP contribution in [0, 0.1) is 0 Å². The monoisotopic (exact) mass is 227 g/mol. The van der Waals surface area contributed by atoms with Crippen molar-refractivity contribution in [2.45, 2.75) is 18.9 Å². The summed E-state index contributed by atoms with van der Waals surface area (Å²) in [5.41, 5.74) is 0. The number of hydrogen-bond donors (Lipinski definition) is 1. The molecule has 0 amide bonds. The molecule has 0 spiro atoms. The fourth-order valence-electron chi connectivity index (χ4n) is 2.59. The number of piperidine rings is 1. The second kappa shape index (κ2) is 5.96. The van der Waals surface area contributed by atoms with Gasteiger partial charge in [0.25, 0.3) is 0 Å². The molecule has 2 aliphatic rings. The minimum absolute atomic E-state index is 0.0822. The van der Waals surface area contributed by atoms with E-state index in [1.165, 1.54) is 39.3 Å². The lowest BCUT2D eigenvalue weighted by Gasteiger charge is -2.35. The number of piperazine rings is 1. The highest BCUT2D eigenvalue weighted by molar-refractivity contribution is 4.75. The number of aliphatic hydroxyl groups excluding tert-OH is 1. The van der Waals surface area contributed by atoms with Crippen LogP contribution in [0.25, 0.3) is 0 Å². The van der Waals surface area contributed by atoms with Crippen LogP contribution in [0.3, 0.4) is 0 Å². The van der Waals surface area contributed by atoms with Gasteiger partial charge in [0.15, 0.2) is 0 Å². The number of likely N-dealkylation sites (tertiary alicyclic amines) is 1. The van der Waals surface area contributed by atoms with Crippen molar-refractivity contribution >= 4 is 0 Å². The van der Waals surface area contributed by atoms with Gasteiger partial charge in [-0.1, -0.05) is 0 Å². The molecule has 1 unspecified atom stereocenters. The van der Waals surface area contributed by atoms with Crippen LogP contribution in [0.2, 0.25) is 0 Å². The fourth-order valence-corrected chi connectivity index (χ4v) is 2.59. The molecule has 4 heteroatoms. The number of likely N-dealkylation sites (N-methyl/N-ethyl adjacent to an activating group) is 1. The van der Waals surface area contributed by atoms with Gasteiger partial charge >= 0.3 is 0 Å². The molecule has 0 saturated carbocycles. The largest absolute Gasteiger partial charge is 0.392 e. The van der Waals surface area contributed by atoms with Gasteiger partial charge in [-0.15, -0.1) is 0 Å². The van der Waals surface area contributed by atoms with Crippen LogP contribution in [-0.2, 0) is 0 Å². The lowest BCUT2D eigenvalue weighted by atomic mass is 10.1. The number of β-amino-alcohol motifs (C(OH)–C–C–N with tert-alkyl or cyclic N) is 1. The Labute approximate surface area is 98.8 Å². The van der Waals surface area contributed by atoms with E-state index in [1.54, 1.807) is 0 Å². The van der Waals surface area contributed by atoms with Gasteiger partial charge in [-0.25, -0.2) is 0 Å². The first-order chi connectivity index (χ1) is 7.74. The van der Waals surface area contributed by atoms with Crippen molar-refractivity contribution in [1.29, 1.82) is 0 Å². The first-order valence-corrected chi connectivity index (χ1v) is 6.55. The van der Waals surface area contributed by atoms with E-state index >= 15 is 0 Å². The zero-order chi connectivity index (χ0) is 11.4. The van der Waals surface area contributed by atoms with Crippen molar-refractivity contribution < 1.29 is 5.11 Å². The molecule has 2 aliphatic heterocycles. The Morgan fingerprint density at radius 3 is 2.38 bits per heavy atom. The second-order valence-electron chi connectivity index (χ2n) is 5.24. The summed E-state index contributed by atoms with van der Waals surface area (Å²) in [7, 11) is 2.19. The van der Waals surface area contributed by atoms with Crippen LogP contribution in [0.1, 0.15) is 12.8 Å². The third-order valence-electron chi connectivity index (χ3n) is 3.81. The van der Waals surface area contributed by atoms with Gasteiger partial charge in [0.1, 0.15) is 0 Å². The van der Waals surface area contributed by atoms with E-state index in [2.05, 4.69) is 21.7 Å². The van der Waals surface area contributed by atoms with Crippen molar-refractivity contribution in [3.05, 3.63) is 0 Å². The standard InChI is InChI=1S/C12H25N3O/c1-13-5-7-14(8-6-13)9-10-15-4-2-3-12(16)11-15/h12,16H,2-11H2,1H3. The van der Waals surface area contributed by atoms with Crippen LogP contribution < -0.4 is 0 Å². The molecule has 1 atom stereocenters. The summed E-state index contributed by atoms with van der Waals surface area (Å²) >= 11 is 0. The highest BCUT2D eigenvalue weighted by atomic mass is 16.3. The molecule has 4 nitrogen and oxygen atoms in total. The summed E-state index contributed by atoms with van der Waals surface area (Å²) in [5.74, 6) is 0. The van der Waals surface area contributed by atoms with Crippen molar-refractivity contribution in [2.24, 2.45) is 0 Å². The maximum atomic E-state index is 9.59. The summed E-state index contributed by atoms with van der Waals surface area (Å²) in [6.45, 7) is 9.14. The van der Waals surface area contributed by atoms with Gasteiger partial charge < -0.3 is 10.0 Å². The molecule has 94 valence electrons. The maximum absolute atomic E-state index is 9.59. The van der Waals surface area contributed by atoms with Crippen molar-refractivity contribution in [1.82, 2.24) is 14.7 Å². The summed E-state index contributed by atoms with van der Waals surface area (Å²) in [5, 5.41) is 9.59. The summed E-state index contributed by atoms with van der Waals surface area (Å²) in [6.07, 6.45) is 2.07. The Morgan fingerprint density at radius 2 is 1.69 bits per heavy atom. The minimum atomic E-state index is -0.0822. The highest BCUT2D eigenvalue weighted by Gasteiger charge is 2.19. The summed E-state index contributed by atoms with van der Waals surface area (Å²) in [6, 6.07) is 0. The molecule has 16 heavy (non-hydrogen) atoms. The molecule has 2 heterocycles. The third-order valence-corrected chi connectivity index (χ3v) is 3.81. The predicted octanol–water partition coefficient (Wildman–Crippen LogP) is -0.309. The lowest BCUT2D eigenvalue weighted by molar-refractivity contribution is 0.0597. The van der Waals surface area contributed by atoms with E-state index in [1.807, 2.05) is 0 Å². The van der Waals surface area contributed by atoms with E-state index in [-0.39, 0.29) is 6.10 Å². The predicted molar refractivity (Wildman–Crippen MR) is 65.6 cm³/mol. The zero-order valence-corrected chi connectivity index (χ0v) is 10.4. The Balaban J connectivity index is 1.63. The smallest absolute Gasteiger partial charge is 0.0667 e. The average molecular weight is 227 g/mol. The van der Waals surface area contributed by atoms with E-state index in [9.17, 15) is 5.11 Å². The van der Waals surface area contributed by atoms with E-state index < -0.39 is 0 Å². The van der Waals surface area contributed by atoms with Crippen LogP contribution in [0.5, 0.6) is 0 Å². The topological polar surface area (TPSA) is 30.0 Å². The van der Waals surface area contributed by atoms with Gasteiger partial charge in [-0.3, -0.25) is 9.80 Å². The summed E-state index contributed by atoms with van der Waals surface area (Å²) < 4.78 is 0. The van der Waals surface area contributed by atoms with Crippen molar-refractivity contribution in [3.63, 3.8) is 0 Å². The average Bonchev–Trinajstić information content (AvgIpc) is 2.28. The second-order valence-corrected chi connectivity index (χ2v) is 5.24. The molecule has 2 saturated heterocycles. The minimum Gasteiger partial charge on any atom is -0.392 e. The molecule has 0 aromatic heterocycles. The Kier molecular flexibility index (Phi) is 4.58. The molecule has 0 radical (unpaired) electrons. The van der Waals surface area contributed by atoms with E-state index in [4.69, 9.17) is 0 Å². The van der Waals surface area contributed by atoms with Crippen LogP contribution >= 0.6 is 0 Å². The van der Waals surface area contributed by atoms with Crippen LogP contribution in [-0.4, -0.2) is 85.3 Å². The van der Waals surface area contributed by atoms with Gasteiger partial charge in [-0.05, 0) is 26.4 Å². The summed E-state index contributed by atoms with van der Waals surface area (Å²) in [4.78, 5) is 7.34. The van der Waals surface area contributed by atoms with E-state index in [0.717, 1.165) is 25.9 Å². The molecule has 0 aromatic rings. The molecular formula is C12H25N3O. The number of nitrogens with zero attached hydrogens (tertiary/aromatic N) is 3. The van der Waals surface area contributed by atoms with E-state index in [0.29, 0.717) is 0 Å². The van der Waals surface area contributed by atoms with Gasteiger partial charge in [0.05, 0.1) is 6.10 Å². The molecule has 0 aliphatic carbocycles. The maximum Gasteiger partial charge on any atom is 0.0667 e. The SMILES string of the molecule is CN1CCN(CCN2CCCC(O)C2)CC1. The molecule has 0 bridgehead atoms. The van der Waals surface area contributed by atoms with Crippen LogP contribution in [0.4, 0.5) is 0 Å². The first kappa shape index (κ1) is 12.3. The molecule has 0 aromatic carbocycles. The first-order valence-electron chi connectivity index (χ1n) is 6.55. The van der Waals surface area contributed by atoms with Gasteiger partial charge in [-0.2, -0.15) is 0 Å². The van der Waals surface area contributed by atoms with Crippen molar-refractivity contribution in [3.8, 4) is 0 Å². The third kappa shape index (κ3) is 3.70. The number of rotatable bonds is 3. The lowest BCUT2D eigenvalue weighted by Crippen LogP contribution is -2.48. The molecular weight excluding hydrogens is 202 g/mol. The Bertz CT molecular complexity index is 204. The van der Waals surface area contributed by atoms with Crippen LogP contribution in [0.15, 0.2) is 0 Å². The Morgan fingerprint density at radius 1 is 1.00 bits per heavy atom. The normalized spacial score (nSPS) is 30.8. The quantitative estimate of drug-likeness (QED) is 0.716.